The molecule has 0 atom stereocenters. The quantitative estimate of drug-likeness (QED) is 0.303. The first-order valence-electron chi connectivity index (χ1n) is 10.5. The van der Waals surface area contributed by atoms with E-state index in [9.17, 15) is 0 Å². The Labute approximate surface area is 182 Å². The smallest absolute Gasteiger partial charge is 0.143 e. The number of nitrogens with zero attached hydrogens (tertiary/aromatic N) is 2. The lowest BCUT2D eigenvalue weighted by Crippen LogP contribution is -1.98. The van der Waals surface area contributed by atoms with Gasteiger partial charge in [0.25, 0.3) is 0 Å². The molecule has 0 amide bonds. The Morgan fingerprint density at radius 2 is 1.77 bits per heavy atom. The SMILES string of the molecule is CCCCOc1ccc(Nc2ncnc3scc(-c4ccc(C(C)C)cc4)c23)cc1. The number of thiophene rings is 1. The highest BCUT2D eigenvalue weighted by Crippen LogP contribution is 2.37. The normalized spacial score (nSPS) is 11.2. The summed E-state index contributed by atoms with van der Waals surface area (Å²) in [6, 6.07) is 16.8. The molecule has 2 aromatic heterocycles. The van der Waals surface area contributed by atoms with Crippen molar-refractivity contribution in [1.82, 2.24) is 9.97 Å². The Morgan fingerprint density at radius 1 is 1.00 bits per heavy atom. The van der Waals surface area contributed by atoms with Crippen molar-refractivity contribution in [1.29, 1.82) is 0 Å². The second-order valence-corrected chi connectivity index (χ2v) is 8.54. The number of anilines is 2. The average molecular weight is 418 g/mol. The van der Waals surface area contributed by atoms with E-state index in [2.05, 4.69) is 65.7 Å². The van der Waals surface area contributed by atoms with E-state index in [1.165, 1.54) is 11.1 Å². The molecule has 2 aromatic carbocycles. The first-order valence-corrected chi connectivity index (χ1v) is 11.4. The van der Waals surface area contributed by atoms with E-state index in [1.54, 1.807) is 17.7 Å². The van der Waals surface area contributed by atoms with Crippen LogP contribution < -0.4 is 10.1 Å². The zero-order valence-corrected chi connectivity index (χ0v) is 18.5. The van der Waals surface area contributed by atoms with E-state index >= 15 is 0 Å². The highest BCUT2D eigenvalue weighted by molar-refractivity contribution is 7.17. The van der Waals surface area contributed by atoms with Gasteiger partial charge in [0.15, 0.2) is 0 Å². The Bertz CT molecular complexity index is 1100. The Hall–Kier alpha value is -2.92. The third kappa shape index (κ3) is 4.46. The average Bonchev–Trinajstić information content (AvgIpc) is 3.20. The van der Waals surface area contributed by atoms with Crippen LogP contribution in [0.1, 0.15) is 45.1 Å². The molecule has 5 heteroatoms. The monoisotopic (exact) mass is 417 g/mol. The summed E-state index contributed by atoms with van der Waals surface area (Å²) in [5.74, 6) is 2.24. The molecule has 0 radical (unpaired) electrons. The van der Waals surface area contributed by atoms with Gasteiger partial charge in [0.1, 0.15) is 22.7 Å². The molecule has 0 aliphatic heterocycles. The summed E-state index contributed by atoms with van der Waals surface area (Å²) in [5.41, 5.74) is 4.66. The molecular weight excluding hydrogens is 390 g/mol. The molecule has 0 bridgehead atoms. The number of fused-ring (bicyclic) bond motifs is 1. The first kappa shape index (κ1) is 20.4. The molecule has 30 heavy (non-hydrogen) atoms. The zero-order chi connectivity index (χ0) is 20.9. The molecule has 1 N–H and O–H groups in total. The van der Waals surface area contributed by atoms with Gasteiger partial charge in [-0.25, -0.2) is 9.97 Å². The predicted molar refractivity (Wildman–Crippen MR) is 127 cm³/mol. The fourth-order valence-electron chi connectivity index (χ4n) is 3.34. The van der Waals surface area contributed by atoms with Crippen LogP contribution in [0.2, 0.25) is 0 Å². The highest BCUT2D eigenvalue weighted by Gasteiger charge is 2.14. The topological polar surface area (TPSA) is 47.0 Å². The van der Waals surface area contributed by atoms with E-state index in [4.69, 9.17) is 4.74 Å². The number of benzene rings is 2. The Morgan fingerprint density at radius 3 is 2.47 bits per heavy atom. The maximum absolute atomic E-state index is 5.76. The number of unbranched alkanes of at least 4 members (excludes halogenated alkanes) is 1. The number of hydrogen-bond acceptors (Lipinski definition) is 5. The maximum Gasteiger partial charge on any atom is 0.143 e. The largest absolute Gasteiger partial charge is 0.494 e. The van der Waals surface area contributed by atoms with E-state index in [0.29, 0.717) is 5.92 Å². The van der Waals surface area contributed by atoms with E-state index in [0.717, 1.165) is 52.5 Å². The minimum atomic E-state index is 0.521. The summed E-state index contributed by atoms with van der Waals surface area (Å²) in [5, 5.41) is 6.69. The fourth-order valence-corrected chi connectivity index (χ4v) is 4.25. The van der Waals surface area contributed by atoms with Gasteiger partial charge in [-0.1, -0.05) is 51.5 Å². The highest BCUT2D eigenvalue weighted by atomic mass is 32.1. The lowest BCUT2D eigenvalue weighted by Gasteiger charge is -2.11. The van der Waals surface area contributed by atoms with Crippen LogP contribution in [0.15, 0.2) is 60.2 Å². The van der Waals surface area contributed by atoms with Crippen molar-refractivity contribution in [3.8, 4) is 16.9 Å². The van der Waals surface area contributed by atoms with Gasteiger partial charge in [-0.05, 0) is 47.7 Å². The van der Waals surface area contributed by atoms with Crippen LogP contribution in [-0.4, -0.2) is 16.6 Å². The Balaban J connectivity index is 1.61. The second kappa shape index (κ2) is 9.26. The van der Waals surface area contributed by atoms with Gasteiger partial charge in [-0.15, -0.1) is 11.3 Å². The second-order valence-electron chi connectivity index (χ2n) is 7.68. The van der Waals surface area contributed by atoms with Crippen LogP contribution in [0.3, 0.4) is 0 Å². The van der Waals surface area contributed by atoms with Crippen LogP contribution in [0.25, 0.3) is 21.3 Å². The molecule has 0 saturated carbocycles. The molecule has 154 valence electrons. The lowest BCUT2D eigenvalue weighted by molar-refractivity contribution is 0.309. The molecule has 0 spiro atoms. The van der Waals surface area contributed by atoms with Crippen molar-refractivity contribution >= 4 is 33.1 Å². The minimum absolute atomic E-state index is 0.521. The standard InChI is InChI=1S/C25H27N3OS/c1-4-5-14-29-21-12-10-20(11-13-21)28-24-23-22(15-30-25(23)27-16-26-24)19-8-6-18(7-9-19)17(2)3/h6-13,15-17H,4-5,14H2,1-3H3,(H,26,27,28). The van der Waals surface area contributed by atoms with Crippen molar-refractivity contribution in [3.63, 3.8) is 0 Å². The van der Waals surface area contributed by atoms with Crippen LogP contribution in [0.5, 0.6) is 5.75 Å². The van der Waals surface area contributed by atoms with Gasteiger partial charge >= 0.3 is 0 Å². The Kier molecular flexibility index (Phi) is 6.29. The number of rotatable bonds is 8. The van der Waals surface area contributed by atoms with Crippen LogP contribution in [0, 0.1) is 0 Å². The lowest BCUT2D eigenvalue weighted by atomic mass is 9.99. The zero-order valence-electron chi connectivity index (χ0n) is 17.7. The third-order valence-corrected chi connectivity index (χ3v) is 6.03. The number of hydrogen-bond donors (Lipinski definition) is 1. The molecule has 4 nitrogen and oxygen atoms in total. The summed E-state index contributed by atoms with van der Waals surface area (Å²) in [6.45, 7) is 7.34. The summed E-state index contributed by atoms with van der Waals surface area (Å²) in [4.78, 5) is 10.0. The number of nitrogens with one attached hydrogen (secondary N) is 1. The van der Waals surface area contributed by atoms with Gasteiger partial charge < -0.3 is 10.1 Å². The molecule has 4 rings (SSSR count). The first-order chi connectivity index (χ1) is 14.7. The van der Waals surface area contributed by atoms with Crippen molar-refractivity contribution in [3.05, 3.63) is 65.8 Å². The van der Waals surface area contributed by atoms with Crippen molar-refractivity contribution in [2.45, 2.75) is 39.5 Å². The van der Waals surface area contributed by atoms with E-state index in [-0.39, 0.29) is 0 Å². The van der Waals surface area contributed by atoms with Crippen molar-refractivity contribution in [2.24, 2.45) is 0 Å². The molecule has 0 fully saturated rings. The van der Waals surface area contributed by atoms with Crippen LogP contribution >= 0.6 is 11.3 Å². The molecule has 0 saturated heterocycles. The predicted octanol–water partition coefficient (Wildman–Crippen LogP) is 7.40. The van der Waals surface area contributed by atoms with Gasteiger partial charge in [0.05, 0.1) is 12.0 Å². The summed E-state index contributed by atoms with van der Waals surface area (Å²) in [6.07, 6.45) is 3.82. The summed E-state index contributed by atoms with van der Waals surface area (Å²) < 4.78 is 5.76. The summed E-state index contributed by atoms with van der Waals surface area (Å²) in [7, 11) is 0. The summed E-state index contributed by atoms with van der Waals surface area (Å²) >= 11 is 1.65. The van der Waals surface area contributed by atoms with Crippen molar-refractivity contribution in [2.75, 3.05) is 11.9 Å². The van der Waals surface area contributed by atoms with E-state index in [1.807, 2.05) is 24.3 Å². The van der Waals surface area contributed by atoms with Crippen molar-refractivity contribution < 1.29 is 4.74 Å². The molecule has 4 aromatic rings. The third-order valence-electron chi connectivity index (χ3n) is 5.14. The van der Waals surface area contributed by atoms with Crippen LogP contribution in [0.4, 0.5) is 11.5 Å². The molecule has 0 aliphatic carbocycles. The maximum atomic E-state index is 5.76. The van der Waals surface area contributed by atoms with Gasteiger partial charge in [-0.2, -0.15) is 0 Å². The number of aromatic nitrogens is 2. The van der Waals surface area contributed by atoms with E-state index < -0.39 is 0 Å². The van der Waals surface area contributed by atoms with Gasteiger partial charge in [-0.3, -0.25) is 0 Å². The molecule has 0 aliphatic rings. The minimum Gasteiger partial charge on any atom is -0.494 e. The van der Waals surface area contributed by atoms with Gasteiger partial charge in [0, 0.05) is 16.6 Å². The molecule has 0 unspecified atom stereocenters. The molecule has 2 heterocycles. The molecular formula is C25H27N3OS. The number of ether oxygens (including phenoxy) is 1. The van der Waals surface area contributed by atoms with Crippen LogP contribution in [-0.2, 0) is 0 Å². The van der Waals surface area contributed by atoms with Gasteiger partial charge in [0.2, 0.25) is 0 Å². The fraction of sp³-hybridized carbons (Fsp3) is 0.280.